The molecule has 0 aliphatic heterocycles. The van der Waals surface area contributed by atoms with Gasteiger partial charge in [0.2, 0.25) is 5.95 Å². The monoisotopic (exact) mass is 370 g/mol. The van der Waals surface area contributed by atoms with Crippen LogP contribution in [0, 0.1) is 17.2 Å². The van der Waals surface area contributed by atoms with Gasteiger partial charge >= 0.3 is 0 Å². The Hall–Kier alpha value is -2.56. The second kappa shape index (κ2) is 7.55. The highest BCUT2D eigenvalue weighted by Gasteiger charge is 2.20. The Morgan fingerprint density at radius 1 is 1.16 bits per heavy atom. The van der Waals surface area contributed by atoms with Crippen molar-refractivity contribution in [2.24, 2.45) is 5.92 Å². The summed E-state index contributed by atoms with van der Waals surface area (Å²) >= 11 is 7.58. The van der Waals surface area contributed by atoms with Crippen molar-refractivity contribution < 1.29 is 0 Å². The molecule has 0 fully saturated rings. The van der Waals surface area contributed by atoms with Gasteiger partial charge in [-0.15, -0.1) is 11.3 Å². The van der Waals surface area contributed by atoms with Crippen molar-refractivity contribution >= 4 is 28.9 Å². The zero-order chi connectivity index (χ0) is 17.8. The average Bonchev–Trinajstić information content (AvgIpc) is 3.10. The van der Waals surface area contributed by atoms with E-state index in [0.29, 0.717) is 15.8 Å². The number of nitrogens with one attached hydrogen (secondary N) is 1. The molecule has 3 aromatic rings. The van der Waals surface area contributed by atoms with Crippen molar-refractivity contribution in [1.82, 2.24) is 19.9 Å². The summed E-state index contributed by atoms with van der Waals surface area (Å²) in [5.41, 5.74) is 1.54. The zero-order valence-electron chi connectivity index (χ0n) is 13.6. The van der Waals surface area contributed by atoms with E-state index >= 15 is 0 Å². The molecule has 8 heteroatoms. The van der Waals surface area contributed by atoms with Crippen LogP contribution < -0.4 is 5.32 Å². The molecule has 3 aromatic heterocycles. The van der Waals surface area contributed by atoms with Gasteiger partial charge in [-0.2, -0.15) is 5.26 Å². The largest absolute Gasteiger partial charge is 0.346 e. The van der Waals surface area contributed by atoms with E-state index in [-0.39, 0.29) is 12.0 Å². The van der Waals surface area contributed by atoms with Crippen LogP contribution in [0.4, 0.5) is 5.95 Å². The van der Waals surface area contributed by atoms with Crippen LogP contribution in [-0.4, -0.2) is 19.9 Å². The highest BCUT2D eigenvalue weighted by atomic mass is 35.5. The standard InChI is InChI=1S/C17H15ClN6S/c1-10(2)14(15-13(18)4-3-5-20-15)24-17-22-7-11(8-23-17)16-21-9-12(6-19)25-16/h3-5,7-10,14H,1-2H3,(H,22,23,24). The summed E-state index contributed by atoms with van der Waals surface area (Å²) in [5, 5.41) is 13.5. The fourth-order valence-corrected chi connectivity index (χ4v) is 3.22. The lowest BCUT2D eigenvalue weighted by molar-refractivity contribution is 0.531. The topological polar surface area (TPSA) is 87.4 Å². The summed E-state index contributed by atoms with van der Waals surface area (Å²) < 4.78 is 0. The predicted octanol–water partition coefficient (Wildman–Crippen LogP) is 4.33. The summed E-state index contributed by atoms with van der Waals surface area (Å²) in [6, 6.07) is 5.59. The third-order valence-electron chi connectivity index (χ3n) is 3.55. The van der Waals surface area contributed by atoms with E-state index in [1.54, 1.807) is 30.9 Å². The minimum absolute atomic E-state index is 0.107. The molecule has 1 atom stereocenters. The molecule has 25 heavy (non-hydrogen) atoms. The van der Waals surface area contributed by atoms with E-state index < -0.39 is 0 Å². The highest BCUT2D eigenvalue weighted by molar-refractivity contribution is 7.15. The van der Waals surface area contributed by atoms with E-state index in [9.17, 15) is 0 Å². The van der Waals surface area contributed by atoms with Crippen molar-refractivity contribution in [3.8, 4) is 16.6 Å². The van der Waals surface area contributed by atoms with Gasteiger partial charge < -0.3 is 5.32 Å². The fourth-order valence-electron chi connectivity index (χ4n) is 2.29. The van der Waals surface area contributed by atoms with Gasteiger partial charge in [0.15, 0.2) is 0 Å². The molecule has 0 aromatic carbocycles. The summed E-state index contributed by atoms with van der Waals surface area (Å²) in [7, 11) is 0. The Morgan fingerprint density at radius 3 is 2.52 bits per heavy atom. The summed E-state index contributed by atoms with van der Waals surface area (Å²) in [5.74, 6) is 0.731. The van der Waals surface area contributed by atoms with E-state index in [0.717, 1.165) is 16.3 Å². The number of rotatable bonds is 5. The SMILES string of the molecule is CC(C)C(Nc1ncc(-c2ncc(C#N)s2)cn1)c1ncccc1Cl. The van der Waals surface area contributed by atoms with Crippen LogP contribution in [0.2, 0.25) is 5.02 Å². The molecule has 0 aliphatic carbocycles. The zero-order valence-corrected chi connectivity index (χ0v) is 15.2. The van der Waals surface area contributed by atoms with Crippen molar-refractivity contribution in [1.29, 1.82) is 5.26 Å². The minimum Gasteiger partial charge on any atom is -0.346 e. The Morgan fingerprint density at radius 2 is 1.92 bits per heavy atom. The Bertz CT molecular complexity index is 900. The molecule has 3 heterocycles. The number of nitrogens with zero attached hydrogens (tertiary/aromatic N) is 5. The normalized spacial score (nSPS) is 12.0. The fraction of sp³-hybridized carbons (Fsp3) is 0.235. The molecule has 0 aliphatic rings. The van der Waals surface area contributed by atoms with E-state index in [4.69, 9.17) is 16.9 Å². The van der Waals surface area contributed by atoms with Gasteiger partial charge in [0.05, 0.1) is 23.0 Å². The summed E-state index contributed by atoms with van der Waals surface area (Å²) in [6.45, 7) is 4.16. The maximum absolute atomic E-state index is 8.89. The summed E-state index contributed by atoms with van der Waals surface area (Å²) in [4.78, 5) is 17.9. The number of thiazole rings is 1. The maximum Gasteiger partial charge on any atom is 0.223 e. The molecule has 3 rings (SSSR count). The number of aromatic nitrogens is 4. The van der Waals surface area contributed by atoms with Gasteiger partial charge in [-0.3, -0.25) is 4.98 Å². The molecular weight excluding hydrogens is 356 g/mol. The number of halogens is 1. The maximum atomic E-state index is 8.89. The number of pyridine rings is 1. The Kier molecular flexibility index (Phi) is 5.22. The molecule has 0 radical (unpaired) electrons. The van der Waals surface area contributed by atoms with Crippen LogP contribution in [0.25, 0.3) is 10.6 Å². The van der Waals surface area contributed by atoms with Gasteiger partial charge in [0.1, 0.15) is 16.0 Å². The quantitative estimate of drug-likeness (QED) is 0.719. The predicted molar refractivity (Wildman–Crippen MR) is 98.3 cm³/mol. The highest BCUT2D eigenvalue weighted by Crippen LogP contribution is 2.29. The van der Waals surface area contributed by atoms with Gasteiger partial charge in [-0.05, 0) is 18.1 Å². The summed E-state index contributed by atoms with van der Waals surface area (Å²) in [6.07, 6.45) is 6.64. The molecule has 1 unspecified atom stereocenters. The average molecular weight is 371 g/mol. The third kappa shape index (κ3) is 3.92. The number of anilines is 1. The van der Waals surface area contributed by atoms with Gasteiger partial charge in [-0.25, -0.2) is 15.0 Å². The van der Waals surface area contributed by atoms with Crippen LogP contribution in [0.1, 0.15) is 30.5 Å². The van der Waals surface area contributed by atoms with Crippen LogP contribution in [0.15, 0.2) is 36.9 Å². The smallest absolute Gasteiger partial charge is 0.223 e. The molecule has 6 nitrogen and oxygen atoms in total. The molecule has 0 spiro atoms. The van der Waals surface area contributed by atoms with Crippen LogP contribution in [-0.2, 0) is 0 Å². The van der Waals surface area contributed by atoms with Crippen molar-refractivity contribution in [2.45, 2.75) is 19.9 Å². The molecule has 0 amide bonds. The molecular formula is C17H15ClN6S. The molecule has 0 bridgehead atoms. The second-order valence-electron chi connectivity index (χ2n) is 5.67. The van der Waals surface area contributed by atoms with Crippen molar-refractivity contribution in [2.75, 3.05) is 5.32 Å². The number of hydrogen-bond donors (Lipinski definition) is 1. The van der Waals surface area contributed by atoms with E-state index in [1.165, 1.54) is 11.3 Å². The van der Waals surface area contributed by atoms with Crippen LogP contribution in [0.5, 0.6) is 0 Å². The number of nitriles is 1. The van der Waals surface area contributed by atoms with Crippen LogP contribution in [0.3, 0.4) is 0 Å². The van der Waals surface area contributed by atoms with Gasteiger partial charge in [-0.1, -0.05) is 25.4 Å². The number of hydrogen-bond acceptors (Lipinski definition) is 7. The third-order valence-corrected chi connectivity index (χ3v) is 4.82. The first-order valence-electron chi connectivity index (χ1n) is 7.63. The molecule has 126 valence electrons. The second-order valence-corrected chi connectivity index (χ2v) is 7.11. The Labute approximate surface area is 154 Å². The molecule has 0 saturated carbocycles. The van der Waals surface area contributed by atoms with E-state index in [1.807, 2.05) is 6.07 Å². The van der Waals surface area contributed by atoms with Gasteiger partial charge in [0.25, 0.3) is 0 Å². The van der Waals surface area contributed by atoms with Crippen LogP contribution >= 0.6 is 22.9 Å². The molecule has 0 saturated heterocycles. The first kappa shape index (κ1) is 17.3. The van der Waals surface area contributed by atoms with Gasteiger partial charge in [0, 0.05) is 24.2 Å². The first-order valence-corrected chi connectivity index (χ1v) is 8.83. The minimum atomic E-state index is -0.107. The van der Waals surface area contributed by atoms with Crippen molar-refractivity contribution in [3.63, 3.8) is 0 Å². The van der Waals surface area contributed by atoms with Crippen molar-refractivity contribution in [3.05, 3.63) is 52.5 Å². The lowest BCUT2D eigenvalue weighted by Gasteiger charge is -2.22. The lowest BCUT2D eigenvalue weighted by Crippen LogP contribution is -2.19. The first-order chi connectivity index (χ1) is 12.1. The lowest BCUT2D eigenvalue weighted by atomic mass is 10.0. The Balaban J connectivity index is 1.82. The van der Waals surface area contributed by atoms with E-state index in [2.05, 4.69) is 45.2 Å². The molecule has 1 N–H and O–H groups in total.